The van der Waals surface area contributed by atoms with E-state index in [0.29, 0.717) is 0 Å². The third-order valence-electron chi connectivity index (χ3n) is 3.88. The molecule has 0 spiro atoms. The average Bonchev–Trinajstić information content (AvgIpc) is 3.26. The zero-order valence-electron chi connectivity index (χ0n) is 13.1. The lowest BCUT2D eigenvalue weighted by Gasteiger charge is -2.16. The third-order valence-corrected chi connectivity index (χ3v) is 5.86. The van der Waals surface area contributed by atoms with Gasteiger partial charge in [0.1, 0.15) is 0 Å². The molecule has 24 heavy (non-hydrogen) atoms. The second-order valence-electron chi connectivity index (χ2n) is 5.71. The summed E-state index contributed by atoms with van der Waals surface area (Å²) in [6.07, 6.45) is 2.10. The molecule has 0 fully saturated rings. The molecule has 0 aliphatic carbocycles. The van der Waals surface area contributed by atoms with Crippen LogP contribution in [-0.4, -0.2) is 21.3 Å². The maximum absolute atomic E-state index is 6.04. The first-order chi connectivity index (χ1) is 11.7. The molecule has 0 N–H and O–H groups in total. The van der Waals surface area contributed by atoms with E-state index in [-0.39, 0.29) is 0 Å². The van der Waals surface area contributed by atoms with Crippen LogP contribution in [0.5, 0.6) is 0 Å². The van der Waals surface area contributed by atoms with Crippen molar-refractivity contribution in [3.05, 3.63) is 68.9 Å². The van der Waals surface area contributed by atoms with Crippen LogP contribution in [-0.2, 0) is 13.1 Å². The molecular formula is C18H16ClN3S2. The molecule has 4 rings (SSSR count). The van der Waals surface area contributed by atoms with Gasteiger partial charge in [0.25, 0.3) is 0 Å². The summed E-state index contributed by atoms with van der Waals surface area (Å²) in [5, 5.41) is 2.08. The lowest BCUT2D eigenvalue weighted by Crippen LogP contribution is -2.18. The van der Waals surface area contributed by atoms with Crippen LogP contribution in [0.1, 0.15) is 10.6 Å². The predicted molar refractivity (Wildman–Crippen MR) is 103 cm³/mol. The van der Waals surface area contributed by atoms with Crippen LogP contribution in [0.2, 0.25) is 4.34 Å². The summed E-state index contributed by atoms with van der Waals surface area (Å²) >= 11 is 9.35. The van der Waals surface area contributed by atoms with Crippen molar-refractivity contribution < 1.29 is 0 Å². The van der Waals surface area contributed by atoms with Gasteiger partial charge in [-0.1, -0.05) is 41.9 Å². The Morgan fingerprint density at radius 3 is 2.71 bits per heavy atom. The number of hydrogen-bond donors (Lipinski definition) is 0. The van der Waals surface area contributed by atoms with Gasteiger partial charge in [0, 0.05) is 35.1 Å². The number of aromatic nitrogens is 2. The summed E-state index contributed by atoms with van der Waals surface area (Å²) < 4.78 is 3.04. The first-order valence-corrected chi connectivity index (χ1v) is 9.71. The maximum Gasteiger partial charge on any atom is 0.194 e. The summed E-state index contributed by atoms with van der Waals surface area (Å²) in [4.78, 5) is 9.46. The van der Waals surface area contributed by atoms with Crippen molar-refractivity contribution in [2.45, 2.75) is 13.1 Å². The number of halogens is 1. The second-order valence-corrected chi connectivity index (χ2v) is 8.38. The van der Waals surface area contributed by atoms with Crippen LogP contribution in [0.3, 0.4) is 0 Å². The number of nitrogens with zero attached hydrogens (tertiary/aromatic N) is 3. The fourth-order valence-electron chi connectivity index (χ4n) is 2.83. The van der Waals surface area contributed by atoms with Crippen molar-refractivity contribution in [3.8, 4) is 11.3 Å². The Labute approximate surface area is 153 Å². The minimum Gasteiger partial charge on any atom is -0.295 e. The fourth-order valence-corrected chi connectivity index (χ4v) is 4.73. The number of thiophene rings is 1. The van der Waals surface area contributed by atoms with Crippen molar-refractivity contribution in [2.24, 2.45) is 0 Å². The van der Waals surface area contributed by atoms with Crippen LogP contribution in [0.25, 0.3) is 16.2 Å². The van der Waals surface area contributed by atoms with Gasteiger partial charge in [-0.15, -0.1) is 22.7 Å². The molecule has 3 nitrogen and oxygen atoms in total. The number of rotatable bonds is 5. The minimum atomic E-state index is 0.831. The second kappa shape index (κ2) is 6.69. The van der Waals surface area contributed by atoms with Crippen molar-refractivity contribution in [1.29, 1.82) is 0 Å². The molecule has 6 heteroatoms. The van der Waals surface area contributed by atoms with E-state index in [1.54, 1.807) is 22.7 Å². The molecule has 0 saturated carbocycles. The molecule has 0 aliphatic rings. The Balaban J connectivity index is 1.66. The molecule has 0 amide bonds. The first-order valence-electron chi connectivity index (χ1n) is 7.63. The Bertz CT molecular complexity index is 955. The molecule has 0 atom stereocenters. The highest BCUT2D eigenvalue weighted by Crippen LogP contribution is 2.28. The highest BCUT2D eigenvalue weighted by molar-refractivity contribution is 7.16. The molecule has 122 valence electrons. The lowest BCUT2D eigenvalue weighted by molar-refractivity contribution is 0.317. The monoisotopic (exact) mass is 373 g/mol. The van der Waals surface area contributed by atoms with E-state index in [2.05, 4.69) is 58.3 Å². The van der Waals surface area contributed by atoms with Crippen molar-refractivity contribution >= 4 is 39.2 Å². The molecule has 4 aromatic rings. The van der Waals surface area contributed by atoms with Crippen molar-refractivity contribution in [1.82, 2.24) is 14.3 Å². The van der Waals surface area contributed by atoms with Gasteiger partial charge in [0.05, 0.1) is 15.7 Å². The van der Waals surface area contributed by atoms with E-state index >= 15 is 0 Å². The van der Waals surface area contributed by atoms with E-state index in [1.165, 1.54) is 10.6 Å². The Kier molecular flexibility index (Phi) is 4.41. The number of hydrogen-bond acceptors (Lipinski definition) is 4. The number of benzene rings is 1. The summed E-state index contributed by atoms with van der Waals surface area (Å²) in [6.45, 7) is 1.71. The van der Waals surface area contributed by atoms with E-state index in [4.69, 9.17) is 16.6 Å². The van der Waals surface area contributed by atoms with E-state index in [1.807, 2.05) is 12.1 Å². The molecule has 3 heterocycles. The molecule has 0 radical (unpaired) electrons. The zero-order valence-corrected chi connectivity index (χ0v) is 15.5. The third kappa shape index (κ3) is 3.13. The van der Waals surface area contributed by atoms with Crippen LogP contribution in [0.4, 0.5) is 0 Å². The van der Waals surface area contributed by atoms with Gasteiger partial charge >= 0.3 is 0 Å². The summed E-state index contributed by atoms with van der Waals surface area (Å²) in [6, 6.07) is 14.4. The van der Waals surface area contributed by atoms with Gasteiger partial charge in [-0.05, 0) is 19.2 Å². The Morgan fingerprint density at radius 1 is 1.12 bits per heavy atom. The first kappa shape index (κ1) is 15.8. The normalized spacial score (nSPS) is 11.6. The average molecular weight is 374 g/mol. The molecule has 1 aromatic carbocycles. The Morgan fingerprint density at radius 2 is 1.96 bits per heavy atom. The summed E-state index contributed by atoms with van der Waals surface area (Å²) in [7, 11) is 2.13. The topological polar surface area (TPSA) is 20.5 Å². The van der Waals surface area contributed by atoms with Gasteiger partial charge in [-0.3, -0.25) is 9.30 Å². The van der Waals surface area contributed by atoms with E-state index < -0.39 is 0 Å². The van der Waals surface area contributed by atoms with Crippen molar-refractivity contribution in [2.75, 3.05) is 7.05 Å². The van der Waals surface area contributed by atoms with Crippen molar-refractivity contribution in [3.63, 3.8) is 0 Å². The number of thiazole rings is 1. The minimum absolute atomic E-state index is 0.831. The quantitative estimate of drug-likeness (QED) is 0.466. The summed E-state index contributed by atoms with van der Waals surface area (Å²) in [5.41, 5.74) is 3.46. The predicted octanol–water partition coefficient (Wildman–Crippen LogP) is 5.41. The van der Waals surface area contributed by atoms with Crippen LogP contribution in [0, 0.1) is 0 Å². The van der Waals surface area contributed by atoms with Gasteiger partial charge in [-0.25, -0.2) is 4.98 Å². The van der Waals surface area contributed by atoms with E-state index in [9.17, 15) is 0 Å². The highest BCUT2D eigenvalue weighted by Gasteiger charge is 2.16. The lowest BCUT2D eigenvalue weighted by atomic mass is 10.1. The molecule has 0 bridgehead atoms. The standard InChI is InChI=1S/C18H16ClN3S2/c1-21(11-14-7-8-16(19)24-14)12-15-17(13-5-3-2-4-6-13)20-18-22(15)9-10-23-18/h2-10H,11-12H2,1H3. The Hall–Kier alpha value is -1.66. The zero-order chi connectivity index (χ0) is 16.5. The van der Waals surface area contributed by atoms with Gasteiger partial charge in [0.15, 0.2) is 4.96 Å². The molecule has 3 aromatic heterocycles. The summed E-state index contributed by atoms with van der Waals surface area (Å²) in [5.74, 6) is 0. The van der Waals surface area contributed by atoms with E-state index in [0.717, 1.165) is 33.6 Å². The highest BCUT2D eigenvalue weighted by atomic mass is 35.5. The van der Waals surface area contributed by atoms with Crippen LogP contribution >= 0.6 is 34.3 Å². The maximum atomic E-state index is 6.04. The van der Waals surface area contributed by atoms with Crippen LogP contribution < -0.4 is 0 Å². The van der Waals surface area contributed by atoms with Gasteiger partial charge < -0.3 is 0 Å². The van der Waals surface area contributed by atoms with Gasteiger partial charge in [0.2, 0.25) is 0 Å². The SMILES string of the molecule is CN(Cc1ccc(Cl)s1)Cc1c(-c2ccccc2)nc2sccn12. The fraction of sp³-hybridized carbons (Fsp3) is 0.167. The molecule has 0 saturated heterocycles. The van der Waals surface area contributed by atoms with Crippen LogP contribution in [0.15, 0.2) is 54.0 Å². The van der Waals surface area contributed by atoms with Gasteiger partial charge in [-0.2, -0.15) is 0 Å². The number of imidazole rings is 1. The largest absolute Gasteiger partial charge is 0.295 e. The number of fused-ring (bicyclic) bond motifs is 1. The molecular weight excluding hydrogens is 358 g/mol. The molecule has 0 unspecified atom stereocenters. The molecule has 0 aliphatic heterocycles. The smallest absolute Gasteiger partial charge is 0.194 e.